The number of carbonyl (C=O) groups is 2. The fraction of sp³-hybridized carbons (Fsp3) is 0.412. The van der Waals surface area contributed by atoms with Crippen molar-refractivity contribution in [3.63, 3.8) is 0 Å². The van der Waals surface area contributed by atoms with Gasteiger partial charge in [0.15, 0.2) is 5.69 Å². The average Bonchev–Trinajstić information content (AvgIpc) is 3.13. The fourth-order valence-electron chi connectivity index (χ4n) is 2.86. The van der Waals surface area contributed by atoms with Crippen molar-refractivity contribution >= 4 is 12.0 Å². The van der Waals surface area contributed by atoms with Gasteiger partial charge in [-0.1, -0.05) is 30.3 Å². The zero-order valence-corrected chi connectivity index (χ0v) is 14.1. The zero-order chi connectivity index (χ0) is 17.6. The van der Waals surface area contributed by atoms with Crippen molar-refractivity contribution in [3.8, 4) is 11.3 Å². The Bertz CT molecular complexity index is 723. The number of ether oxygens (including phenoxy) is 1. The summed E-state index contributed by atoms with van der Waals surface area (Å²) in [5.41, 5.74) is 1.64. The number of piperidine rings is 1. The number of nitrogens with one attached hydrogen (secondary N) is 2. The number of aromatic nitrogens is 3. The largest absolute Gasteiger partial charge is 0.450 e. The van der Waals surface area contributed by atoms with E-state index in [1.165, 1.54) is 0 Å². The number of carbonyl (C=O) groups excluding carboxylic acids is 2. The molecular formula is C17H21N5O3. The molecule has 8 nitrogen and oxygen atoms in total. The topological polar surface area (TPSA) is 100 Å². The van der Waals surface area contributed by atoms with E-state index in [9.17, 15) is 9.59 Å². The van der Waals surface area contributed by atoms with Crippen LogP contribution in [0.4, 0.5) is 4.79 Å². The Labute approximate surface area is 145 Å². The molecule has 0 bridgehead atoms. The maximum Gasteiger partial charge on any atom is 0.409 e. The van der Waals surface area contributed by atoms with Crippen LogP contribution in [-0.4, -0.2) is 58.0 Å². The molecule has 8 heteroatoms. The van der Waals surface area contributed by atoms with Crippen molar-refractivity contribution < 1.29 is 14.3 Å². The van der Waals surface area contributed by atoms with Gasteiger partial charge in [-0.15, -0.1) is 0 Å². The SMILES string of the molecule is CCOC(=O)N1CCC(NC(=O)c2n[nH]nc2-c2ccccc2)CC1. The lowest BCUT2D eigenvalue weighted by molar-refractivity contribution is 0.0857. The second-order valence-electron chi connectivity index (χ2n) is 5.82. The van der Waals surface area contributed by atoms with Gasteiger partial charge in [-0.25, -0.2) is 4.79 Å². The highest BCUT2D eigenvalue weighted by atomic mass is 16.6. The first kappa shape index (κ1) is 16.9. The summed E-state index contributed by atoms with van der Waals surface area (Å²) in [4.78, 5) is 25.9. The second-order valence-corrected chi connectivity index (χ2v) is 5.82. The quantitative estimate of drug-likeness (QED) is 0.882. The Morgan fingerprint density at radius 2 is 1.96 bits per heavy atom. The first-order valence-electron chi connectivity index (χ1n) is 8.37. The predicted molar refractivity (Wildman–Crippen MR) is 90.9 cm³/mol. The van der Waals surface area contributed by atoms with Crippen molar-refractivity contribution in [2.24, 2.45) is 0 Å². The molecule has 0 atom stereocenters. The molecule has 132 valence electrons. The molecular weight excluding hydrogens is 322 g/mol. The number of likely N-dealkylation sites (tertiary alicyclic amines) is 1. The monoisotopic (exact) mass is 343 g/mol. The summed E-state index contributed by atoms with van der Waals surface area (Å²) in [5.74, 6) is -0.262. The van der Waals surface area contributed by atoms with Crippen LogP contribution < -0.4 is 5.32 Å². The van der Waals surface area contributed by atoms with Crippen molar-refractivity contribution in [3.05, 3.63) is 36.0 Å². The van der Waals surface area contributed by atoms with Gasteiger partial charge in [0, 0.05) is 24.7 Å². The summed E-state index contributed by atoms with van der Waals surface area (Å²) in [6.45, 7) is 3.28. The molecule has 0 saturated carbocycles. The molecule has 0 spiro atoms. The molecule has 1 aromatic carbocycles. The molecule has 1 aliphatic heterocycles. The number of amides is 2. The third kappa shape index (κ3) is 3.96. The fourth-order valence-corrected chi connectivity index (χ4v) is 2.86. The Morgan fingerprint density at radius 1 is 1.24 bits per heavy atom. The zero-order valence-electron chi connectivity index (χ0n) is 14.1. The van der Waals surface area contributed by atoms with E-state index in [1.54, 1.807) is 11.8 Å². The van der Waals surface area contributed by atoms with E-state index in [-0.39, 0.29) is 23.7 Å². The second kappa shape index (κ2) is 7.78. The predicted octanol–water partition coefficient (Wildman–Crippen LogP) is 1.82. The Morgan fingerprint density at radius 3 is 2.64 bits per heavy atom. The van der Waals surface area contributed by atoms with Crippen LogP contribution in [0.1, 0.15) is 30.3 Å². The molecule has 1 fully saturated rings. The molecule has 25 heavy (non-hydrogen) atoms. The Kier molecular flexibility index (Phi) is 5.27. The summed E-state index contributed by atoms with van der Waals surface area (Å²) in [6.07, 6.45) is 1.07. The van der Waals surface area contributed by atoms with Crippen molar-refractivity contribution in [2.75, 3.05) is 19.7 Å². The Hall–Kier alpha value is -2.90. The summed E-state index contributed by atoms with van der Waals surface area (Å²) >= 11 is 0. The van der Waals surface area contributed by atoms with E-state index >= 15 is 0 Å². The van der Waals surface area contributed by atoms with E-state index in [1.807, 2.05) is 30.3 Å². The normalized spacial score (nSPS) is 15.0. The highest BCUT2D eigenvalue weighted by molar-refractivity contribution is 5.98. The van der Waals surface area contributed by atoms with Crippen molar-refractivity contribution in [1.82, 2.24) is 25.6 Å². The van der Waals surface area contributed by atoms with Crippen LogP contribution in [0.5, 0.6) is 0 Å². The molecule has 3 rings (SSSR count). The number of nitrogens with zero attached hydrogens (tertiary/aromatic N) is 3. The number of hydrogen-bond donors (Lipinski definition) is 2. The van der Waals surface area contributed by atoms with E-state index in [2.05, 4.69) is 20.7 Å². The third-order valence-electron chi connectivity index (χ3n) is 4.17. The number of H-pyrrole nitrogens is 1. The third-order valence-corrected chi connectivity index (χ3v) is 4.17. The van der Waals surface area contributed by atoms with Crippen LogP contribution in [0.15, 0.2) is 30.3 Å². The number of benzene rings is 1. The lowest BCUT2D eigenvalue weighted by Crippen LogP contribution is -2.46. The van der Waals surface area contributed by atoms with Crippen LogP contribution in [0, 0.1) is 0 Å². The van der Waals surface area contributed by atoms with Crippen LogP contribution in [0.2, 0.25) is 0 Å². The van der Waals surface area contributed by atoms with Crippen molar-refractivity contribution in [2.45, 2.75) is 25.8 Å². The van der Waals surface area contributed by atoms with Gasteiger partial charge in [0.25, 0.3) is 5.91 Å². The smallest absolute Gasteiger partial charge is 0.409 e. The number of rotatable bonds is 4. The maximum atomic E-state index is 12.5. The lowest BCUT2D eigenvalue weighted by Gasteiger charge is -2.31. The van der Waals surface area contributed by atoms with Crippen molar-refractivity contribution in [1.29, 1.82) is 0 Å². The first-order valence-corrected chi connectivity index (χ1v) is 8.37. The highest BCUT2D eigenvalue weighted by Gasteiger charge is 2.26. The van der Waals surface area contributed by atoms with Gasteiger partial charge < -0.3 is 15.0 Å². The highest BCUT2D eigenvalue weighted by Crippen LogP contribution is 2.19. The van der Waals surface area contributed by atoms with Crippen LogP contribution >= 0.6 is 0 Å². The van der Waals surface area contributed by atoms with Gasteiger partial charge in [0.1, 0.15) is 5.69 Å². The lowest BCUT2D eigenvalue weighted by atomic mass is 10.0. The van der Waals surface area contributed by atoms with Crippen LogP contribution in [-0.2, 0) is 4.74 Å². The molecule has 1 aliphatic rings. The number of hydrogen-bond acceptors (Lipinski definition) is 5. The maximum absolute atomic E-state index is 12.5. The minimum atomic E-state index is -0.296. The van der Waals surface area contributed by atoms with E-state index in [0.29, 0.717) is 38.2 Å². The summed E-state index contributed by atoms with van der Waals surface area (Å²) in [5, 5.41) is 13.6. The molecule has 0 radical (unpaired) electrons. The van der Waals surface area contributed by atoms with Gasteiger partial charge in [-0.05, 0) is 19.8 Å². The van der Waals surface area contributed by atoms with E-state index in [4.69, 9.17) is 4.74 Å². The summed E-state index contributed by atoms with van der Waals surface area (Å²) in [7, 11) is 0. The molecule has 1 aromatic heterocycles. The molecule has 0 aliphatic carbocycles. The minimum absolute atomic E-state index is 0.00139. The molecule has 2 amide bonds. The summed E-state index contributed by atoms with van der Waals surface area (Å²) in [6, 6.07) is 9.44. The molecule has 2 aromatic rings. The Balaban J connectivity index is 1.60. The molecule has 1 saturated heterocycles. The van der Waals surface area contributed by atoms with E-state index < -0.39 is 0 Å². The van der Waals surface area contributed by atoms with E-state index in [0.717, 1.165) is 5.56 Å². The standard InChI is InChI=1S/C17H21N5O3/c1-2-25-17(24)22-10-8-13(9-11-22)18-16(23)15-14(19-21-20-15)12-6-4-3-5-7-12/h3-7,13H,2,8-11H2,1H3,(H,18,23)(H,19,20,21). The van der Waals surface area contributed by atoms with Gasteiger partial charge >= 0.3 is 6.09 Å². The number of aromatic amines is 1. The van der Waals surface area contributed by atoms with Crippen LogP contribution in [0.25, 0.3) is 11.3 Å². The van der Waals surface area contributed by atoms with Gasteiger partial charge in [0.05, 0.1) is 6.61 Å². The minimum Gasteiger partial charge on any atom is -0.450 e. The summed E-state index contributed by atoms with van der Waals surface area (Å²) < 4.78 is 5.00. The van der Waals surface area contributed by atoms with Gasteiger partial charge in [0.2, 0.25) is 0 Å². The molecule has 0 unspecified atom stereocenters. The van der Waals surface area contributed by atoms with Crippen LogP contribution in [0.3, 0.4) is 0 Å². The van der Waals surface area contributed by atoms with Gasteiger partial charge in [-0.2, -0.15) is 15.4 Å². The molecule has 2 heterocycles. The first-order chi connectivity index (χ1) is 12.2. The molecule has 2 N–H and O–H groups in total. The average molecular weight is 343 g/mol. The van der Waals surface area contributed by atoms with Gasteiger partial charge in [-0.3, -0.25) is 4.79 Å².